The minimum Gasteiger partial charge on any atom is -0.466 e. The summed E-state index contributed by atoms with van der Waals surface area (Å²) >= 11 is 0. The Morgan fingerprint density at radius 3 is 2.79 bits per heavy atom. The first-order valence-corrected chi connectivity index (χ1v) is 6.77. The van der Waals surface area contributed by atoms with Crippen molar-refractivity contribution < 1.29 is 14.3 Å². The van der Waals surface area contributed by atoms with Crippen LogP contribution in [0.1, 0.15) is 32.8 Å². The van der Waals surface area contributed by atoms with E-state index in [0.29, 0.717) is 13.0 Å². The van der Waals surface area contributed by atoms with Crippen molar-refractivity contribution in [3.05, 3.63) is 29.8 Å². The first-order chi connectivity index (χ1) is 9.20. The van der Waals surface area contributed by atoms with E-state index in [2.05, 4.69) is 5.32 Å². The standard InChI is InChI=1S/C13H13NO3.C2H6/c1-2-17-11(15)9-7-13(9)8-5-3-4-6-10(8)14-12(13)16;1-2/h3-6,9H,2,7H2,1H3,(H,14,16);1-2H3/t9-,13+;/m0./s1. The molecule has 4 heteroatoms. The predicted octanol–water partition coefficient (Wildman–Crippen LogP) is 2.49. The maximum atomic E-state index is 12.0. The molecule has 1 aromatic rings. The minimum absolute atomic E-state index is 0.0725. The van der Waals surface area contributed by atoms with Gasteiger partial charge < -0.3 is 10.1 Å². The molecule has 1 aliphatic carbocycles. The van der Waals surface area contributed by atoms with Crippen LogP contribution in [0.25, 0.3) is 0 Å². The Balaban J connectivity index is 0.000000637. The predicted molar refractivity (Wildman–Crippen MR) is 72.8 cm³/mol. The summed E-state index contributed by atoms with van der Waals surface area (Å²) in [5.41, 5.74) is 1.11. The zero-order chi connectivity index (χ0) is 14.0. The SMILES string of the molecule is CC.CCOC(=O)[C@@H]1C[C@]12C(=O)Nc1ccccc12. The van der Waals surface area contributed by atoms with Gasteiger partial charge >= 0.3 is 5.97 Å². The Morgan fingerprint density at radius 2 is 2.11 bits per heavy atom. The number of carbonyl (C=O) groups is 2. The molecule has 1 aromatic carbocycles. The van der Waals surface area contributed by atoms with Crippen molar-refractivity contribution in [3.8, 4) is 0 Å². The number of anilines is 1. The highest BCUT2D eigenvalue weighted by atomic mass is 16.5. The van der Waals surface area contributed by atoms with Crippen LogP contribution in [0.3, 0.4) is 0 Å². The number of nitrogens with one attached hydrogen (secondary N) is 1. The lowest BCUT2D eigenvalue weighted by Gasteiger charge is -2.07. The van der Waals surface area contributed by atoms with Crippen LogP contribution >= 0.6 is 0 Å². The lowest BCUT2D eigenvalue weighted by atomic mass is 9.95. The van der Waals surface area contributed by atoms with E-state index in [4.69, 9.17) is 4.74 Å². The van der Waals surface area contributed by atoms with Crippen LogP contribution in [0, 0.1) is 5.92 Å². The molecular weight excluding hydrogens is 242 g/mol. The molecule has 0 aromatic heterocycles. The van der Waals surface area contributed by atoms with Gasteiger partial charge in [0.2, 0.25) is 5.91 Å². The van der Waals surface area contributed by atoms with Crippen molar-refractivity contribution in [3.63, 3.8) is 0 Å². The highest BCUT2D eigenvalue weighted by Crippen LogP contribution is 2.60. The van der Waals surface area contributed by atoms with Gasteiger partial charge in [-0.05, 0) is 25.0 Å². The van der Waals surface area contributed by atoms with E-state index < -0.39 is 5.41 Å². The third-order valence-corrected chi connectivity index (χ3v) is 3.59. The second kappa shape index (κ2) is 5.03. The van der Waals surface area contributed by atoms with Gasteiger partial charge in [-0.15, -0.1) is 0 Å². The van der Waals surface area contributed by atoms with Crippen LogP contribution in [-0.4, -0.2) is 18.5 Å². The maximum absolute atomic E-state index is 12.0. The lowest BCUT2D eigenvalue weighted by molar-refractivity contribution is -0.146. The molecule has 0 saturated heterocycles. The third-order valence-electron chi connectivity index (χ3n) is 3.59. The third kappa shape index (κ3) is 1.91. The van der Waals surface area contributed by atoms with Gasteiger partial charge in [-0.25, -0.2) is 0 Å². The molecule has 19 heavy (non-hydrogen) atoms. The maximum Gasteiger partial charge on any atom is 0.310 e. The molecule has 3 rings (SSSR count). The Hall–Kier alpha value is -1.84. The molecule has 102 valence electrons. The fraction of sp³-hybridized carbons (Fsp3) is 0.467. The van der Waals surface area contributed by atoms with E-state index in [1.54, 1.807) is 6.92 Å². The molecule has 2 aliphatic rings. The molecule has 1 spiro atoms. The van der Waals surface area contributed by atoms with Crippen molar-refractivity contribution >= 4 is 17.6 Å². The first kappa shape index (κ1) is 13.6. The van der Waals surface area contributed by atoms with E-state index in [1.165, 1.54) is 0 Å². The first-order valence-electron chi connectivity index (χ1n) is 6.77. The van der Waals surface area contributed by atoms with Crippen molar-refractivity contribution in [2.24, 2.45) is 5.92 Å². The summed E-state index contributed by atoms with van der Waals surface area (Å²) in [7, 11) is 0. The van der Waals surface area contributed by atoms with Gasteiger partial charge in [-0.3, -0.25) is 9.59 Å². The summed E-state index contributed by atoms with van der Waals surface area (Å²) in [5, 5.41) is 2.83. The van der Waals surface area contributed by atoms with E-state index in [0.717, 1.165) is 11.3 Å². The molecule has 0 radical (unpaired) electrons. The Bertz CT molecular complexity index is 512. The molecule has 0 unspecified atom stereocenters. The van der Waals surface area contributed by atoms with Gasteiger partial charge in [-0.2, -0.15) is 0 Å². The van der Waals surface area contributed by atoms with Crippen LogP contribution in [0.4, 0.5) is 5.69 Å². The van der Waals surface area contributed by atoms with Crippen LogP contribution in [0.2, 0.25) is 0 Å². The van der Waals surface area contributed by atoms with Gasteiger partial charge in [0.25, 0.3) is 0 Å². The van der Waals surface area contributed by atoms with E-state index in [9.17, 15) is 9.59 Å². The van der Waals surface area contributed by atoms with Gasteiger partial charge in [-0.1, -0.05) is 32.0 Å². The molecule has 2 atom stereocenters. The zero-order valence-electron chi connectivity index (χ0n) is 11.5. The summed E-state index contributed by atoms with van der Waals surface area (Å²) in [5.74, 6) is -0.651. The van der Waals surface area contributed by atoms with E-state index in [1.807, 2.05) is 38.1 Å². The van der Waals surface area contributed by atoms with Gasteiger partial charge in [0.05, 0.1) is 17.9 Å². The van der Waals surface area contributed by atoms with E-state index in [-0.39, 0.29) is 17.8 Å². The largest absolute Gasteiger partial charge is 0.466 e. The molecule has 1 fully saturated rings. The summed E-state index contributed by atoms with van der Waals surface area (Å²) in [4.78, 5) is 23.7. The molecule has 1 heterocycles. The number of ether oxygens (including phenoxy) is 1. The van der Waals surface area contributed by atoms with Gasteiger partial charge in [0.1, 0.15) is 0 Å². The molecule has 1 N–H and O–H groups in total. The van der Waals surface area contributed by atoms with E-state index >= 15 is 0 Å². The van der Waals surface area contributed by atoms with Crippen LogP contribution in [0.15, 0.2) is 24.3 Å². The molecule has 0 bridgehead atoms. The van der Waals surface area contributed by atoms with Crippen LogP contribution in [0.5, 0.6) is 0 Å². The fourth-order valence-corrected chi connectivity index (χ4v) is 2.68. The summed E-state index contributed by atoms with van der Waals surface area (Å²) in [6.45, 7) is 6.13. The normalized spacial score (nSPS) is 26.1. The number of carbonyl (C=O) groups excluding carboxylic acids is 2. The number of hydrogen-bond donors (Lipinski definition) is 1. The lowest BCUT2D eigenvalue weighted by Crippen LogP contribution is -2.25. The number of rotatable bonds is 2. The number of fused-ring (bicyclic) bond motifs is 2. The highest BCUT2D eigenvalue weighted by molar-refractivity contribution is 6.12. The monoisotopic (exact) mass is 261 g/mol. The van der Waals surface area contributed by atoms with Gasteiger partial charge in [0.15, 0.2) is 0 Å². The van der Waals surface area contributed by atoms with Crippen molar-refractivity contribution in [1.29, 1.82) is 0 Å². The second-order valence-electron chi connectivity index (χ2n) is 4.48. The smallest absolute Gasteiger partial charge is 0.310 e. The Kier molecular flexibility index (Phi) is 3.60. The summed E-state index contributed by atoms with van der Waals surface area (Å²) < 4.78 is 5.00. The molecule has 4 nitrogen and oxygen atoms in total. The second-order valence-corrected chi connectivity index (χ2v) is 4.48. The topological polar surface area (TPSA) is 55.4 Å². The average Bonchev–Trinajstić information content (AvgIpc) is 3.12. The minimum atomic E-state index is -0.650. The highest BCUT2D eigenvalue weighted by Gasteiger charge is 2.68. The molecule has 1 saturated carbocycles. The average molecular weight is 261 g/mol. The molecular formula is C15H19NO3. The zero-order valence-corrected chi connectivity index (χ0v) is 11.5. The number of para-hydroxylation sites is 1. The molecule has 1 aliphatic heterocycles. The quantitative estimate of drug-likeness (QED) is 0.832. The van der Waals surface area contributed by atoms with Crippen molar-refractivity contribution in [2.75, 3.05) is 11.9 Å². The Morgan fingerprint density at radius 1 is 1.42 bits per heavy atom. The fourth-order valence-electron chi connectivity index (χ4n) is 2.68. The van der Waals surface area contributed by atoms with Gasteiger partial charge in [0, 0.05) is 5.69 Å². The number of benzene rings is 1. The summed E-state index contributed by atoms with van der Waals surface area (Å²) in [6, 6.07) is 7.54. The van der Waals surface area contributed by atoms with Crippen molar-refractivity contribution in [1.82, 2.24) is 0 Å². The number of amides is 1. The van der Waals surface area contributed by atoms with Crippen LogP contribution in [-0.2, 0) is 19.7 Å². The number of hydrogen-bond acceptors (Lipinski definition) is 3. The molecule has 1 amide bonds. The summed E-state index contributed by atoms with van der Waals surface area (Å²) in [6.07, 6.45) is 0.564. The number of esters is 1. The van der Waals surface area contributed by atoms with Crippen LogP contribution < -0.4 is 5.32 Å². The Labute approximate surface area is 113 Å². The van der Waals surface area contributed by atoms with Crippen molar-refractivity contribution in [2.45, 2.75) is 32.6 Å².